The highest BCUT2D eigenvalue weighted by atomic mass is 32.2. The monoisotopic (exact) mass is 368 g/mol. The summed E-state index contributed by atoms with van der Waals surface area (Å²) in [5.41, 5.74) is 3.62. The Morgan fingerprint density at radius 2 is 2.12 bits per heavy atom. The SMILES string of the molecule is C#CCN1C(=O)S/C(=C\c2ccc3c(c2)C(C)CC(C)(C)N3CC)C1=O. The van der Waals surface area contributed by atoms with Crippen molar-refractivity contribution in [3.05, 3.63) is 34.2 Å². The maximum absolute atomic E-state index is 12.4. The van der Waals surface area contributed by atoms with Crippen LogP contribution in [-0.4, -0.2) is 34.7 Å². The first-order valence-electron chi connectivity index (χ1n) is 8.89. The van der Waals surface area contributed by atoms with Crippen LogP contribution in [0.4, 0.5) is 10.5 Å². The number of hydrogen-bond donors (Lipinski definition) is 0. The third kappa shape index (κ3) is 3.14. The van der Waals surface area contributed by atoms with Crippen LogP contribution in [0.2, 0.25) is 0 Å². The molecule has 1 aromatic rings. The molecule has 0 N–H and O–H groups in total. The van der Waals surface area contributed by atoms with Gasteiger partial charge in [-0.2, -0.15) is 0 Å². The largest absolute Gasteiger partial charge is 0.366 e. The highest BCUT2D eigenvalue weighted by Crippen LogP contribution is 2.44. The van der Waals surface area contributed by atoms with Crippen LogP contribution in [0.3, 0.4) is 0 Å². The van der Waals surface area contributed by atoms with E-state index in [2.05, 4.69) is 50.6 Å². The average Bonchev–Trinajstić information content (AvgIpc) is 2.83. The molecule has 5 heteroatoms. The lowest BCUT2D eigenvalue weighted by molar-refractivity contribution is -0.122. The van der Waals surface area contributed by atoms with Gasteiger partial charge >= 0.3 is 0 Å². The predicted molar refractivity (Wildman–Crippen MR) is 108 cm³/mol. The Balaban J connectivity index is 1.96. The van der Waals surface area contributed by atoms with Gasteiger partial charge in [0.05, 0.1) is 11.4 Å². The lowest BCUT2D eigenvalue weighted by Gasteiger charge is -2.47. The van der Waals surface area contributed by atoms with Gasteiger partial charge in [-0.1, -0.05) is 18.9 Å². The number of carbonyl (C=O) groups excluding carboxylic acids is 2. The van der Waals surface area contributed by atoms with Crippen molar-refractivity contribution in [1.82, 2.24) is 4.90 Å². The van der Waals surface area contributed by atoms with Crippen molar-refractivity contribution in [3.8, 4) is 12.3 Å². The van der Waals surface area contributed by atoms with E-state index < -0.39 is 0 Å². The van der Waals surface area contributed by atoms with Crippen LogP contribution in [0.5, 0.6) is 0 Å². The minimum atomic E-state index is -0.306. The van der Waals surface area contributed by atoms with Crippen LogP contribution in [-0.2, 0) is 4.79 Å². The molecule has 1 saturated heterocycles. The van der Waals surface area contributed by atoms with Crippen LogP contribution < -0.4 is 4.90 Å². The fraction of sp³-hybridized carbons (Fsp3) is 0.429. The molecular formula is C21H24N2O2S. The molecule has 2 amide bonds. The van der Waals surface area contributed by atoms with Crippen molar-refractivity contribution in [2.24, 2.45) is 0 Å². The summed E-state index contributed by atoms with van der Waals surface area (Å²) >= 11 is 0.952. The second-order valence-corrected chi connectivity index (χ2v) is 8.45. The normalized spacial score (nSPS) is 23.3. The molecule has 0 bridgehead atoms. The van der Waals surface area contributed by atoms with E-state index in [4.69, 9.17) is 6.42 Å². The Morgan fingerprint density at radius 1 is 1.38 bits per heavy atom. The molecule has 1 atom stereocenters. The van der Waals surface area contributed by atoms with E-state index in [9.17, 15) is 9.59 Å². The smallest absolute Gasteiger partial charge is 0.294 e. The summed E-state index contributed by atoms with van der Waals surface area (Å²) in [5.74, 6) is 2.49. The molecule has 0 radical (unpaired) electrons. The maximum atomic E-state index is 12.4. The zero-order valence-electron chi connectivity index (χ0n) is 15.7. The number of amides is 2. The van der Waals surface area contributed by atoms with E-state index in [-0.39, 0.29) is 23.2 Å². The summed E-state index contributed by atoms with van der Waals surface area (Å²) in [6.45, 7) is 9.96. The lowest BCUT2D eigenvalue weighted by Crippen LogP contribution is -2.48. The second kappa shape index (κ2) is 6.85. The number of benzene rings is 1. The molecule has 0 aliphatic carbocycles. The van der Waals surface area contributed by atoms with E-state index in [0.29, 0.717) is 10.8 Å². The van der Waals surface area contributed by atoms with Gasteiger partial charge in [0.15, 0.2) is 0 Å². The van der Waals surface area contributed by atoms with Crippen LogP contribution in [0, 0.1) is 12.3 Å². The second-order valence-electron chi connectivity index (χ2n) is 7.45. The first-order chi connectivity index (χ1) is 12.3. The third-order valence-electron chi connectivity index (χ3n) is 5.15. The maximum Gasteiger partial charge on any atom is 0.294 e. The van der Waals surface area contributed by atoms with Crippen molar-refractivity contribution in [3.63, 3.8) is 0 Å². The van der Waals surface area contributed by atoms with Gasteiger partial charge in [-0.15, -0.1) is 6.42 Å². The minimum absolute atomic E-state index is 0.0176. The first-order valence-corrected chi connectivity index (χ1v) is 9.70. The lowest BCUT2D eigenvalue weighted by atomic mass is 9.79. The fourth-order valence-electron chi connectivity index (χ4n) is 4.08. The first kappa shape index (κ1) is 18.6. The molecule has 1 aromatic carbocycles. The van der Waals surface area contributed by atoms with Crippen LogP contribution >= 0.6 is 11.8 Å². The van der Waals surface area contributed by atoms with Gasteiger partial charge in [-0.25, -0.2) is 0 Å². The highest BCUT2D eigenvalue weighted by Gasteiger charge is 2.36. The van der Waals surface area contributed by atoms with Crippen LogP contribution in [0.1, 0.15) is 51.2 Å². The van der Waals surface area contributed by atoms with E-state index in [1.165, 1.54) is 11.3 Å². The molecule has 1 fully saturated rings. The van der Waals surface area contributed by atoms with Crippen LogP contribution in [0.15, 0.2) is 23.1 Å². The molecule has 4 nitrogen and oxygen atoms in total. The highest BCUT2D eigenvalue weighted by molar-refractivity contribution is 8.18. The number of thioether (sulfide) groups is 1. The minimum Gasteiger partial charge on any atom is -0.366 e. The fourth-order valence-corrected chi connectivity index (χ4v) is 4.91. The summed E-state index contributed by atoms with van der Waals surface area (Å²) in [6, 6.07) is 6.30. The Bertz CT molecular complexity index is 835. The van der Waals surface area contributed by atoms with E-state index in [0.717, 1.165) is 35.2 Å². The van der Waals surface area contributed by atoms with Gasteiger partial charge in [-0.3, -0.25) is 14.5 Å². The predicted octanol–water partition coefficient (Wildman–Crippen LogP) is 4.47. The van der Waals surface area contributed by atoms with Gasteiger partial charge < -0.3 is 4.90 Å². The number of nitrogens with zero attached hydrogens (tertiary/aromatic N) is 2. The number of fused-ring (bicyclic) bond motifs is 1. The Kier molecular flexibility index (Phi) is 4.90. The summed E-state index contributed by atoms with van der Waals surface area (Å²) in [7, 11) is 0. The van der Waals surface area contributed by atoms with Gasteiger partial charge in [0.2, 0.25) is 0 Å². The third-order valence-corrected chi connectivity index (χ3v) is 6.05. The average molecular weight is 369 g/mol. The summed E-state index contributed by atoms with van der Waals surface area (Å²) in [4.78, 5) is 28.3. The van der Waals surface area contributed by atoms with Crippen molar-refractivity contribution in [2.75, 3.05) is 18.0 Å². The zero-order chi connectivity index (χ0) is 19.1. The summed E-state index contributed by atoms with van der Waals surface area (Å²) in [5, 5.41) is -0.301. The van der Waals surface area contributed by atoms with Gasteiger partial charge in [-0.05, 0) is 74.2 Å². The summed E-state index contributed by atoms with van der Waals surface area (Å²) < 4.78 is 0. The Hall–Kier alpha value is -2.19. The van der Waals surface area contributed by atoms with E-state index in [1.807, 2.05) is 6.07 Å². The van der Waals surface area contributed by atoms with Gasteiger partial charge in [0.25, 0.3) is 11.1 Å². The van der Waals surface area contributed by atoms with E-state index >= 15 is 0 Å². The standard InChI is InChI=1S/C21H24N2O2S/c1-6-10-22-19(24)18(26-20(22)25)12-15-8-9-17-16(11-15)14(3)13-21(4,5)23(17)7-2/h1,8-9,11-12,14H,7,10,13H2,2-5H3/b18-12-. The molecule has 2 aliphatic rings. The molecule has 2 aliphatic heterocycles. The topological polar surface area (TPSA) is 40.6 Å². The molecule has 0 spiro atoms. The molecular weight excluding hydrogens is 344 g/mol. The number of hydrogen-bond acceptors (Lipinski definition) is 4. The van der Waals surface area contributed by atoms with Crippen molar-refractivity contribution >= 4 is 34.7 Å². The number of rotatable bonds is 3. The Labute approximate surface area is 159 Å². The molecule has 2 heterocycles. The Morgan fingerprint density at radius 3 is 2.77 bits per heavy atom. The van der Waals surface area contributed by atoms with E-state index in [1.54, 1.807) is 6.08 Å². The molecule has 3 rings (SSSR count). The number of carbonyl (C=O) groups is 2. The number of imide groups is 1. The molecule has 136 valence electrons. The number of anilines is 1. The van der Waals surface area contributed by atoms with Crippen molar-refractivity contribution in [1.29, 1.82) is 0 Å². The van der Waals surface area contributed by atoms with Gasteiger partial charge in [0.1, 0.15) is 0 Å². The molecule has 26 heavy (non-hydrogen) atoms. The quantitative estimate of drug-likeness (QED) is 0.583. The van der Waals surface area contributed by atoms with Crippen LogP contribution in [0.25, 0.3) is 6.08 Å². The van der Waals surface area contributed by atoms with Crippen molar-refractivity contribution in [2.45, 2.75) is 45.6 Å². The summed E-state index contributed by atoms with van der Waals surface area (Å²) in [6.07, 6.45) is 8.12. The van der Waals surface area contributed by atoms with Gasteiger partial charge in [0, 0.05) is 17.8 Å². The molecule has 1 unspecified atom stereocenters. The zero-order valence-corrected chi connectivity index (χ0v) is 16.5. The molecule has 0 aromatic heterocycles. The number of terminal acetylenes is 1. The molecule has 0 saturated carbocycles. The van der Waals surface area contributed by atoms with Crippen molar-refractivity contribution < 1.29 is 9.59 Å².